The van der Waals surface area contributed by atoms with Crippen molar-refractivity contribution in [1.29, 1.82) is 0 Å². The van der Waals surface area contributed by atoms with Gasteiger partial charge in [-0.3, -0.25) is 9.59 Å². The maximum Gasteiger partial charge on any atom is 0.256 e. The standard InChI is InChI=1S/C20H25ClN4O2/c1-14-5-7-16(8-6-14)13-25-19(21)18(15(2)23-25)20(27)22-10-9-17(26)24-11-3-4-12-24/h5-8H,3-4,9-13H2,1-2H3,(H,22,27). The van der Waals surface area contributed by atoms with Crippen molar-refractivity contribution in [3.05, 3.63) is 51.8 Å². The summed E-state index contributed by atoms with van der Waals surface area (Å²) in [5.41, 5.74) is 3.20. The normalized spacial score (nSPS) is 13.8. The smallest absolute Gasteiger partial charge is 0.256 e. The van der Waals surface area contributed by atoms with Crippen molar-refractivity contribution in [2.24, 2.45) is 0 Å². The Balaban J connectivity index is 1.60. The summed E-state index contributed by atoms with van der Waals surface area (Å²) in [5.74, 6) is -0.201. The molecule has 2 aromatic rings. The van der Waals surface area contributed by atoms with E-state index in [0.29, 0.717) is 35.9 Å². The number of nitrogens with zero attached hydrogens (tertiary/aromatic N) is 3. The molecule has 1 N–H and O–H groups in total. The number of aromatic nitrogens is 2. The highest BCUT2D eigenvalue weighted by Crippen LogP contribution is 2.21. The monoisotopic (exact) mass is 388 g/mol. The molecule has 1 aliphatic heterocycles. The van der Waals surface area contributed by atoms with Crippen LogP contribution in [0.4, 0.5) is 0 Å². The number of nitrogens with one attached hydrogen (secondary N) is 1. The van der Waals surface area contributed by atoms with Crippen molar-refractivity contribution in [3.8, 4) is 0 Å². The first kappa shape index (κ1) is 19.4. The zero-order valence-electron chi connectivity index (χ0n) is 15.8. The van der Waals surface area contributed by atoms with Gasteiger partial charge >= 0.3 is 0 Å². The number of hydrogen-bond donors (Lipinski definition) is 1. The highest BCUT2D eigenvalue weighted by atomic mass is 35.5. The summed E-state index contributed by atoms with van der Waals surface area (Å²) in [4.78, 5) is 26.4. The molecule has 2 amide bonds. The molecule has 3 rings (SSSR count). The quantitative estimate of drug-likeness (QED) is 0.827. The average molecular weight is 389 g/mol. The summed E-state index contributed by atoms with van der Waals surface area (Å²) in [6.07, 6.45) is 2.43. The average Bonchev–Trinajstić information content (AvgIpc) is 3.26. The van der Waals surface area contributed by atoms with Crippen LogP contribution in [0.5, 0.6) is 0 Å². The van der Waals surface area contributed by atoms with Crippen LogP contribution in [-0.2, 0) is 11.3 Å². The second-order valence-electron chi connectivity index (χ2n) is 6.99. The lowest BCUT2D eigenvalue weighted by molar-refractivity contribution is -0.129. The number of aryl methyl sites for hydroxylation is 2. The van der Waals surface area contributed by atoms with Crippen LogP contribution in [0, 0.1) is 13.8 Å². The molecule has 0 spiro atoms. The Bertz CT molecular complexity index is 823. The fraction of sp³-hybridized carbons (Fsp3) is 0.450. The number of rotatable bonds is 6. The van der Waals surface area contributed by atoms with Gasteiger partial charge in [0.15, 0.2) is 0 Å². The number of benzene rings is 1. The summed E-state index contributed by atoms with van der Waals surface area (Å²) in [6.45, 7) is 6.24. The van der Waals surface area contributed by atoms with Crippen molar-refractivity contribution in [1.82, 2.24) is 20.0 Å². The Morgan fingerprint density at radius 1 is 1.15 bits per heavy atom. The van der Waals surface area contributed by atoms with Crippen LogP contribution in [0.15, 0.2) is 24.3 Å². The van der Waals surface area contributed by atoms with E-state index in [4.69, 9.17) is 11.6 Å². The molecular formula is C20H25ClN4O2. The third-order valence-corrected chi connectivity index (χ3v) is 5.21. The number of carbonyl (C=O) groups is 2. The highest BCUT2D eigenvalue weighted by molar-refractivity contribution is 6.33. The molecule has 6 nitrogen and oxygen atoms in total. The fourth-order valence-corrected chi connectivity index (χ4v) is 3.60. The van der Waals surface area contributed by atoms with Crippen molar-refractivity contribution in [2.75, 3.05) is 19.6 Å². The summed E-state index contributed by atoms with van der Waals surface area (Å²) in [5, 5.41) is 7.52. The zero-order chi connectivity index (χ0) is 19.4. The third kappa shape index (κ3) is 4.69. The molecule has 0 bridgehead atoms. The van der Waals surface area contributed by atoms with Crippen molar-refractivity contribution in [2.45, 2.75) is 39.7 Å². The number of carbonyl (C=O) groups excluding carboxylic acids is 2. The van der Waals surface area contributed by atoms with Crippen molar-refractivity contribution < 1.29 is 9.59 Å². The lowest BCUT2D eigenvalue weighted by Crippen LogP contribution is -2.32. The van der Waals surface area contributed by atoms with Gasteiger partial charge in [0.1, 0.15) is 5.15 Å². The Morgan fingerprint density at radius 3 is 2.48 bits per heavy atom. The molecule has 0 saturated carbocycles. The largest absolute Gasteiger partial charge is 0.351 e. The lowest BCUT2D eigenvalue weighted by Gasteiger charge is -2.15. The molecule has 1 saturated heterocycles. The number of hydrogen-bond acceptors (Lipinski definition) is 3. The molecule has 1 aromatic carbocycles. The van der Waals surface area contributed by atoms with Crippen molar-refractivity contribution >= 4 is 23.4 Å². The van der Waals surface area contributed by atoms with E-state index >= 15 is 0 Å². The molecule has 0 radical (unpaired) electrons. The van der Waals surface area contributed by atoms with E-state index in [2.05, 4.69) is 10.4 Å². The summed E-state index contributed by atoms with van der Waals surface area (Å²) < 4.78 is 1.63. The molecular weight excluding hydrogens is 364 g/mol. The minimum atomic E-state index is -0.290. The van der Waals surface area contributed by atoms with Gasteiger partial charge in [0.2, 0.25) is 5.91 Å². The number of amides is 2. The summed E-state index contributed by atoms with van der Waals surface area (Å²) in [7, 11) is 0. The molecule has 144 valence electrons. The molecule has 1 aliphatic rings. The summed E-state index contributed by atoms with van der Waals surface area (Å²) in [6, 6.07) is 8.11. The van der Waals surface area contributed by atoms with Gasteiger partial charge in [0.05, 0.1) is 17.8 Å². The van der Waals surface area contributed by atoms with Gasteiger partial charge in [-0.25, -0.2) is 4.68 Å². The fourth-order valence-electron chi connectivity index (χ4n) is 3.28. The van der Waals surface area contributed by atoms with Crippen LogP contribution in [0.2, 0.25) is 5.15 Å². The topological polar surface area (TPSA) is 67.2 Å². The lowest BCUT2D eigenvalue weighted by atomic mass is 10.1. The molecule has 0 unspecified atom stereocenters. The van der Waals surface area contributed by atoms with E-state index < -0.39 is 0 Å². The van der Waals surface area contributed by atoms with Crippen LogP contribution in [0.25, 0.3) is 0 Å². The van der Waals surface area contributed by atoms with Gasteiger partial charge in [-0.05, 0) is 32.3 Å². The molecule has 0 aliphatic carbocycles. The van der Waals surface area contributed by atoms with Gasteiger partial charge in [0, 0.05) is 26.1 Å². The molecule has 1 aromatic heterocycles. The van der Waals surface area contributed by atoms with E-state index in [1.807, 2.05) is 36.1 Å². The maximum atomic E-state index is 12.5. The minimum absolute atomic E-state index is 0.0886. The molecule has 0 atom stereocenters. The van der Waals surface area contributed by atoms with Crippen LogP contribution < -0.4 is 5.32 Å². The SMILES string of the molecule is Cc1ccc(Cn2nc(C)c(C(=O)NCCC(=O)N3CCCC3)c2Cl)cc1. The molecule has 27 heavy (non-hydrogen) atoms. The Hall–Kier alpha value is -2.34. The number of halogens is 1. The first-order chi connectivity index (χ1) is 13.0. The van der Waals surface area contributed by atoms with E-state index in [9.17, 15) is 9.59 Å². The van der Waals surface area contributed by atoms with Crippen LogP contribution in [-0.4, -0.2) is 46.1 Å². The second-order valence-corrected chi connectivity index (χ2v) is 7.35. The van der Waals surface area contributed by atoms with Crippen LogP contribution >= 0.6 is 11.6 Å². The van der Waals surface area contributed by atoms with E-state index in [1.54, 1.807) is 11.6 Å². The first-order valence-corrected chi connectivity index (χ1v) is 9.68. The number of likely N-dealkylation sites (tertiary alicyclic amines) is 1. The van der Waals surface area contributed by atoms with Gasteiger partial charge in [0.25, 0.3) is 5.91 Å². The first-order valence-electron chi connectivity index (χ1n) is 9.30. The van der Waals surface area contributed by atoms with Crippen LogP contribution in [0.1, 0.15) is 46.4 Å². The van der Waals surface area contributed by atoms with Gasteiger partial charge in [-0.15, -0.1) is 0 Å². The van der Waals surface area contributed by atoms with Gasteiger partial charge in [-0.2, -0.15) is 5.10 Å². The second kappa shape index (κ2) is 8.57. The van der Waals surface area contributed by atoms with E-state index in [-0.39, 0.29) is 11.8 Å². The Morgan fingerprint density at radius 2 is 1.81 bits per heavy atom. The Kier molecular flexibility index (Phi) is 6.16. The molecule has 1 fully saturated rings. The van der Waals surface area contributed by atoms with Gasteiger partial charge in [-0.1, -0.05) is 41.4 Å². The van der Waals surface area contributed by atoms with E-state index in [1.165, 1.54) is 5.56 Å². The Labute approximate surface area is 164 Å². The molecule has 7 heteroatoms. The zero-order valence-corrected chi connectivity index (χ0v) is 16.6. The minimum Gasteiger partial charge on any atom is -0.351 e. The van der Waals surface area contributed by atoms with Crippen LogP contribution in [0.3, 0.4) is 0 Å². The highest BCUT2D eigenvalue weighted by Gasteiger charge is 2.21. The predicted octanol–water partition coefficient (Wildman–Crippen LogP) is 2.94. The maximum absolute atomic E-state index is 12.5. The predicted molar refractivity (Wildman–Crippen MR) is 105 cm³/mol. The van der Waals surface area contributed by atoms with Crippen molar-refractivity contribution in [3.63, 3.8) is 0 Å². The van der Waals surface area contributed by atoms with E-state index in [0.717, 1.165) is 31.5 Å². The summed E-state index contributed by atoms with van der Waals surface area (Å²) >= 11 is 6.42. The molecule has 2 heterocycles. The third-order valence-electron chi connectivity index (χ3n) is 4.83. The van der Waals surface area contributed by atoms with Gasteiger partial charge < -0.3 is 10.2 Å².